The van der Waals surface area contributed by atoms with Gasteiger partial charge in [0.2, 0.25) is 6.79 Å². The van der Waals surface area contributed by atoms with Gasteiger partial charge in [0, 0.05) is 11.6 Å². The van der Waals surface area contributed by atoms with E-state index in [4.69, 9.17) is 21.1 Å². The highest BCUT2D eigenvalue weighted by molar-refractivity contribution is 6.34. The van der Waals surface area contributed by atoms with Crippen LogP contribution in [0.15, 0.2) is 6.07 Å². The maximum absolute atomic E-state index is 10.1. The van der Waals surface area contributed by atoms with Crippen LogP contribution in [0.3, 0.4) is 0 Å². The SMILES string of the molecule is Oc1c(CC2CCCCN2)cc2c(c1Cl)OCO2. The van der Waals surface area contributed by atoms with Gasteiger partial charge < -0.3 is 19.9 Å². The highest BCUT2D eigenvalue weighted by Crippen LogP contribution is 2.46. The summed E-state index contributed by atoms with van der Waals surface area (Å²) in [7, 11) is 0. The fraction of sp³-hybridized carbons (Fsp3) is 0.538. The molecule has 1 fully saturated rings. The molecule has 0 aliphatic carbocycles. The van der Waals surface area contributed by atoms with Crippen molar-refractivity contribution in [3.05, 3.63) is 16.7 Å². The molecule has 0 aromatic heterocycles. The molecule has 0 saturated carbocycles. The first-order valence-corrected chi connectivity index (χ1v) is 6.67. The van der Waals surface area contributed by atoms with Crippen molar-refractivity contribution in [2.45, 2.75) is 31.7 Å². The van der Waals surface area contributed by atoms with E-state index in [-0.39, 0.29) is 17.6 Å². The predicted molar refractivity (Wildman–Crippen MR) is 68.6 cm³/mol. The van der Waals surface area contributed by atoms with E-state index in [1.165, 1.54) is 12.8 Å². The van der Waals surface area contributed by atoms with Crippen molar-refractivity contribution in [2.24, 2.45) is 0 Å². The Labute approximate surface area is 111 Å². The summed E-state index contributed by atoms with van der Waals surface area (Å²) in [6.07, 6.45) is 4.36. The summed E-state index contributed by atoms with van der Waals surface area (Å²) in [5.41, 5.74) is 0.823. The third-order valence-corrected chi connectivity index (χ3v) is 3.89. The first-order chi connectivity index (χ1) is 8.75. The molecule has 2 aliphatic rings. The van der Waals surface area contributed by atoms with Gasteiger partial charge in [0.25, 0.3) is 0 Å². The number of phenols is 1. The van der Waals surface area contributed by atoms with E-state index in [9.17, 15) is 5.11 Å². The number of fused-ring (bicyclic) bond motifs is 1. The van der Waals surface area contributed by atoms with Gasteiger partial charge in [-0.1, -0.05) is 18.0 Å². The molecule has 4 nitrogen and oxygen atoms in total. The van der Waals surface area contributed by atoms with Gasteiger partial charge in [-0.3, -0.25) is 0 Å². The number of halogens is 1. The van der Waals surface area contributed by atoms with Crippen molar-refractivity contribution in [3.63, 3.8) is 0 Å². The number of nitrogens with one attached hydrogen (secondary N) is 1. The third-order valence-electron chi connectivity index (χ3n) is 3.54. The van der Waals surface area contributed by atoms with Crippen LogP contribution >= 0.6 is 11.6 Å². The average molecular weight is 270 g/mol. The first kappa shape index (κ1) is 11.9. The van der Waals surface area contributed by atoms with Crippen LogP contribution in [0, 0.1) is 0 Å². The van der Waals surface area contributed by atoms with Gasteiger partial charge in [-0.2, -0.15) is 0 Å². The Kier molecular flexibility index (Phi) is 3.22. The third kappa shape index (κ3) is 2.10. The Morgan fingerprint density at radius 2 is 2.28 bits per heavy atom. The highest BCUT2D eigenvalue weighted by atomic mass is 35.5. The summed E-state index contributed by atoms with van der Waals surface area (Å²) in [6.45, 7) is 1.21. The predicted octanol–water partition coefficient (Wildman–Crippen LogP) is 2.46. The largest absolute Gasteiger partial charge is 0.506 e. The number of ether oxygens (including phenoxy) is 2. The molecular formula is C13H16ClNO3. The lowest BCUT2D eigenvalue weighted by atomic mass is 9.97. The second-order valence-corrected chi connectivity index (χ2v) is 5.16. The van der Waals surface area contributed by atoms with Gasteiger partial charge in [-0.15, -0.1) is 0 Å². The molecule has 0 spiro atoms. The second kappa shape index (κ2) is 4.86. The van der Waals surface area contributed by atoms with Crippen molar-refractivity contribution in [1.82, 2.24) is 5.32 Å². The van der Waals surface area contributed by atoms with Gasteiger partial charge >= 0.3 is 0 Å². The summed E-state index contributed by atoms with van der Waals surface area (Å²) < 4.78 is 10.6. The topological polar surface area (TPSA) is 50.7 Å². The Morgan fingerprint density at radius 3 is 3.06 bits per heavy atom. The van der Waals surface area contributed by atoms with Gasteiger partial charge in [-0.25, -0.2) is 0 Å². The van der Waals surface area contributed by atoms with Crippen molar-refractivity contribution < 1.29 is 14.6 Å². The molecule has 1 unspecified atom stereocenters. The zero-order valence-corrected chi connectivity index (χ0v) is 10.8. The summed E-state index contributed by atoms with van der Waals surface area (Å²) in [4.78, 5) is 0. The molecule has 2 N–H and O–H groups in total. The Balaban J connectivity index is 1.85. The zero-order chi connectivity index (χ0) is 12.5. The minimum atomic E-state index is 0.119. The average Bonchev–Trinajstić information content (AvgIpc) is 2.85. The monoisotopic (exact) mass is 269 g/mol. The number of hydrogen-bond acceptors (Lipinski definition) is 4. The molecule has 1 saturated heterocycles. The Bertz CT molecular complexity index is 458. The van der Waals surface area contributed by atoms with Crippen molar-refractivity contribution in [2.75, 3.05) is 13.3 Å². The van der Waals surface area contributed by atoms with Crippen LogP contribution in [0.4, 0.5) is 0 Å². The molecule has 1 atom stereocenters. The molecular weight excluding hydrogens is 254 g/mol. The molecule has 0 amide bonds. The normalized spacial score (nSPS) is 22.2. The summed E-state index contributed by atoms with van der Waals surface area (Å²) in [5.74, 6) is 1.20. The summed E-state index contributed by atoms with van der Waals surface area (Å²) in [5, 5.41) is 13.8. The molecule has 0 radical (unpaired) electrons. The van der Waals surface area contributed by atoms with Crippen LogP contribution in [-0.4, -0.2) is 24.5 Å². The Hall–Kier alpha value is -1.13. The smallest absolute Gasteiger partial charge is 0.231 e. The maximum atomic E-state index is 10.1. The maximum Gasteiger partial charge on any atom is 0.231 e. The number of rotatable bonds is 2. The van der Waals surface area contributed by atoms with Gasteiger partial charge in [-0.05, 0) is 31.9 Å². The van der Waals surface area contributed by atoms with Gasteiger partial charge in [0.1, 0.15) is 10.8 Å². The van der Waals surface area contributed by atoms with E-state index >= 15 is 0 Å². The molecule has 3 rings (SSSR count). The fourth-order valence-corrected chi connectivity index (χ4v) is 2.83. The lowest BCUT2D eigenvalue weighted by Gasteiger charge is -2.24. The highest BCUT2D eigenvalue weighted by Gasteiger charge is 2.24. The standard InChI is InChI=1S/C13H16ClNO3/c14-11-12(16)8(5-9-3-1-2-4-15-9)6-10-13(11)18-7-17-10/h6,9,15-16H,1-5,7H2. The molecule has 18 heavy (non-hydrogen) atoms. The molecule has 2 aliphatic heterocycles. The number of phenolic OH excluding ortho intramolecular Hbond substituents is 1. The van der Waals surface area contributed by atoms with Crippen molar-refractivity contribution in [1.29, 1.82) is 0 Å². The number of hydrogen-bond donors (Lipinski definition) is 2. The van der Waals surface area contributed by atoms with Gasteiger partial charge in [0.05, 0.1) is 0 Å². The molecule has 1 aromatic rings. The lowest BCUT2D eigenvalue weighted by molar-refractivity contribution is 0.174. The fourth-order valence-electron chi connectivity index (χ4n) is 2.56. The molecule has 0 bridgehead atoms. The quantitative estimate of drug-likeness (QED) is 0.866. The molecule has 1 aromatic carbocycles. The van der Waals surface area contributed by atoms with E-state index in [2.05, 4.69) is 5.32 Å². The van der Waals surface area contributed by atoms with E-state index in [1.54, 1.807) is 0 Å². The Morgan fingerprint density at radius 1 is 1.39 bits per heavy atom. The first-order valence-electron chi connectivity index (χ1n) is 6.29. The van der Waals surface area contributed by atoms with E-state index in [0.717, 1.165) is 24.9 Å². The van der Waals surface area contributed by atoms with Crippen LogP contribution in [0.5, 0.6) is 17.2 Å². The molecule has 98 valence electrons. The van der Waals surface area contributed by atoms with E-state index in [0.29, 0.717) is 17.5 Å². The van der Waals surface area contributed by atoms with Crippen LogP contribution in [0.2, 0.25) is 5.02 Å². The second-order valence-electron chi connectivity index (χ2n) is 4.78. The molecule has 5 heteroatoms. The number of aromatic hydroxyl groups is 1. The van der Waals surface area contributed by atoms with Crippen LogP contribution in [-0.2, 0) is 6.42 Å². The van der Waals surface area contributed by atoms with Crippen LogP contribution in [0.25, 0.3) is 0 Å². The van der Waals surface area contributed by atoms with Crippen molar-refractivity contribution >= 4 is 11.6 Å². The van der Waals surface area contributed by atoms with E-state index in [1.807, 2.05) is 6.07 Å². The van der Waals surface area contributed by atoms with Crippen LogP contribution < -0.4 is 14.8 Å². The summed E-state index contributed by atoms with van der Waals surface area (Å²) >= 11 is 6.09. The minimum Gasteiger partial charge on any atom is -0.506 e. The molecule has 2 heterocycles. The summed E-state index contributed by atoms with van der Waals surface area (Å²) in [6, 6.07) is 2.24. The van der Waals surface area contributed by atoms with Crippen molar-refractivity contribution in [3.8, 4) is 17.2 Å². The number of piperidine rings is 1. The number of benzene rings is 1. The lowest BCUT2D eigenvalue weighted by Crippen LogP contribution is -2.35. The zero-order valence-electron chi connectivity index (χ0n) is 10.0. The van der Waals surface area contributed by atoms with Crippen LogP contribution in [0.1, 0.15) is 24.8 Å². The minimum absolute atomic E-state index is 0.119. The van der Waals surface area contributed by atoms with Gasteiger partial charge in [0.15, 0.2) is 11.5 Å². The van der Waals surface area contributed by atoms with E-state index < -0.39 is 0 Å².